The fourth-order valence-corrected chi connectivity index (χ4v) is 15.1. The number of aliphatic hydroxyl groups is 1. The third-order valence-electron chi connectivity index (χ3n) is 17.3. The molecular weight excluding hydrogens is 1100 g/mol. The van der Waals surface area contributed by atoms with E-state index in [1.54, 1.807) is 106 Å². The lowest BCUT2D eigenvalue weighted by atomic mass is 9.44. The van der Waals surface area contributed by atoms with Crippen LogP contribution in [0.4, 0.5) is 0 Å². The molecule has 82 heavy (non-hydrogen) atoms. The van der Waals surface area contributed by atoms with E-state index < -0.39 is 132 Å². The number of benzene rings is 3. The van der Waals surface area contributed by atoms with E-state index in [1.165, 1.54) is 47.6 Å². The van der Waals surface area contributed by atoms with Gasteiger partial charge in [0.2, 0.25) is 0 Å². The number of amides is 1. The van der Waals surface area contributed by atoms with Crippen molar-refractivity contribution in [3.63, 3.8) is 0 Å². The number of Topliss-reactive ketones (excluding diaryl/α,β-unsaturated/α-hetero) is 1. The molecule has 8 rings (SSSR count). The number of nitrogens with one attached hydrogen (secondary N) is 1. The Morgan fingerprint density at radius 2 is 1.45 bits per heavy atom. The molecule has 1 aliphatic heterocycles. The predicted octanol–water partition coefficient (Wildman–Crippen LogP) is 9.93. The SMILES string of the molecule is CC(=O)O[C@H]1C(=O)[C@]2(C)[C@@H](OC(=O)CCCSSc3ccccn3)C[C@H]3OC[C@@]3(OC(C)=O)[C@H]2[C@H](OC(=O)c2ccccc2)[C@]2(O)C[C@H](OC(=O)[C@H](O[Si](C)(C)C(C)(C)C)C(NC(=O)c3ccccc3)c3ccccc3)C(C)=C1C2(C)C. The van der Waals surface area contributed by atoms with Gasteiger partial charge < -0.3 is 43.3 Å². The Labute approximate surface area is 488 Å². The molecule has 3 aromatic carbocycles. The number of fused-ring (bicyclic) bond motifs is 5. The second-order valence-electron chi connectivity index (χ2n) is 23.8. The number of rotatable bonds is 19. The summed E-state index contributed by atoms with van der Waals surface area (Å²) in [5.41, 5.74) is -6.95. The number of carbonyl (C=O) groups excluding carboxylic acids is 7. The fourth-order valence-electron chi connectivity index (χ4n) is 11.9. The van der Waals surface area contributed by atoms with E-state index in [1.807, 2.05) is 52.1 Å². The summed E-state index contributed by atoms with van der Waals surface area (Å²) in [6.07, 6.45) is -7.96. The van der Waals surface area contributed by atoms with Crippen LogP contribution in [0.5, 0.6) is 0 Å². The molecule has 2 N–H and O–H groups in total. The summed E-state index contributed by atoms with van der Waals surface area (Å²) >= 11 is 0. The molecule has 3 aliphatic carbocycles. The summed E-state index contributed by atoms with van der Waals surface area (Å²) in [4.78, 5) is 107. The van der Waals surface area contributed by atoms with Crippen molar-refractivity contribution in [2.24, 2.45) is 16.7 Å². The molecule has 0 radical (unpaired) electrons. The molecule has 11 atom stereocenters. The average molecular weight is 1180 g/mol. The number of hydrogen-bond acceptors (Lipinski definition) is 18. The van der Waals surface area contributed by atoms with Crippen molar-refractivity contribution in [3.8, 4) is 0 Å². The van der Waals surface area contributed by atoms with Crippen molar-refractivity contribution < 1.29 is 71.5 Å². The average Bonchev–Trinajstić information content (AvgIpc) is 0.854. The van der Waals surface area contributed by atoms with Gasteiger partial charge in [-0.2, -0.15) is 0 Å². The van der Waals surface area contributed by atoms with Crippen LogP contribution in [-0.4, -0.2) is 120 Å². The van der Waals surface area contributed by atoms with Gasteiger partial charge >= 0.3 is 29.8 Å². The highest BCUT2D eigenvalue weighted by atomic mass is 33.1. The Morgan fingerprint density at radius 1 is 0.829 bits per heavy atom. The van der Waals surface area contributed by atoms with Crippen LogP contribution in [-0.2, 0) is 56.8 Å². The van der Waals surface area contributed by atoms with Crippen LogP contribution < -0.4 is 5.32 Å². The molecule has 4 aromatic rings. The first-order valence-electron chi connectivity index (χ1n) is 27.6. The van der Waals surface area contributed by atoms with Crippen molar-refractivity contribution in [1.82, 2.24) is 10.3 Å². The van der Waals surface area contributed by atoms with Gasteiger partial charge in [0.1, 0.15) is 35.0 Å². The Hall–Kier alpha value is -6.16. The van der Waals surface area contributed by atoms with Gasteiger partial charge in [-0.15, -0.1) is 0 Å². The molecule has 0 spiro atoms. The monoisotopic (exact) mass is 1180 g/mol. The lowest BCUT2D eigenvalue weighted by Crippen LogP contribution is -2.82. The van der Waals surface area contributed by atoms with Crippen molar-refractivity contribution in [1.29, 1.82) is 0 Å². The van der Waals surface area contributed by atoms with Crippen LogP contribution in [0.2, 0.25) is 18.1 Å². The maximum Gasteiger partial charge on any atom is 0.338 e. The van der Waals surface area contributed by atoms with Gasteiger partial charge in [-0.1, -0.05) is 118 Å². The van der Waals surface area contributed by atoms with Gasteiger partial charge in [0.25, 0.3) is 5.91 Å². The summed E-state index contributed by atoms with van der Waals surface area (Å²) in [6.45, 7) is 18.2. The number of ketones is 1. The molecule has 438 valence electrons. The molecule has 3 fully saturated rings. The number of aromatic nitrogens is 1. The minimum atomic E-state index is -2.98. The summed E-state index contributed by atoms with van der Waals surface area (Å²) in [5, 5.41) is 17.8. The van der Waals surface area contributed by atoms with Crippen LogP contribution in [0.25, 0.3) is 0 Å². The Morgan fingerprint density at radius 3 is 2.02 bits per heavy atom. The van der Waals surface area contributed by atoms with Crippen LogP contribution in [0, 0.1) is 16.7 Å². The minimum Gasteiger partial charge on any atom is -0.461 e. The van der Waals surface area contributed by atoms with E-state index in [-0.39, 0.29) is 36.2 Å². The third-order valence-corrected chi connectivity index (χ3v) is 24.1. The highest BCUT2D eigenvalue weighted by Gasteiger charge is 2.79. The number of ether oxygens (including phenoxy) is 6. The predicted molar refractivity (Wildman–Crippen MR) is 309 cm³/mol. The maximum absolute atomic E-state index is 16.5. The first-order chi connectivity index (χ1) is 38.7. The zero-order valence-electron chi connectivity index (χ0n) is 48.3. The van der Waals surface area contributed by atoms with E-state index in [0.29, 0.717) is 23.3 Å². The topological polar surface area (TPSA) is 229 Å². The molecule has 1 aromatic heterocycles. The van der Waals surface area contributed by atoms with Gasteiger partial charge in [-0.3, -0.25) is 24.0 Å². The fraction of sp³-hybridized carbons (Fsp3) is 0.484. The normalized spacial score (nSPS) is 27.3. The summed E-state index contributed by atoms with van der Waals surface area (Å²) in [6, 6.07) is 29.8. The Kier molecular flexibility index (Phi) is 18.6. The van der Waals surface area contributed by atoms with Crippen molar-refractivity contribution in [2.75, 3.05) is 12.4 Å². The molecular formula is C62H74N2O15S2Si. The van der Waals surface area contributed by atoms with Gasteiger partial charge in [0.15, 0.2) is 31.9 Å². The van der Waals surface area contributed by atoms with Crippen LogP contribution in [0.3, 0.4) is 0 Å². The molecule has 4 aliphatic rings. The minimum absolute atomic E-state index is 0.0274. The van der Waals surface area contributed by atoms with E-state index in [9.17, 15) is 29.1 Å². The summed E-state index contributed by atoms with van der Waals surface area (Å²) < 4.78 is 45.6. The maximum atomic E-state index is 16.5. The summed E-state index contributed by atoms with van der Waals surface area (Å²) in [5.74, 6) is -6.63. The highest BCUT2D eigenvalue weighted by Crippen LogP contribution is 2.65. The number of carbonyl (C=O) groups is 7. The van der Waals surface area contributed by atoms with E-state index >= 15 is 9.59 Å². The van der Waals surface area contributed by atoms with Gasteiger partial charge in [-0.05, 0) is 102 Å². The van der Waals surface area contributed by atoms with Crippen molar-refractivity contribution >= 4 is 71.4 Å². The molecule has 2 saturated carbocycles. The lowest BCUT2D eigenvalue weighted by molar-refractivity contribution is -0.346. The Balaban J connectivity index is 1.29. The number of hydrogen-bond donors (Lipinski definition) is 2. The van der Waals surface area contributed by atoms with E-state index in [4.69, 9.17) is 32.8 Å². The van der Waals surface area contributed by atoms with Crippen molar-refractivity contribution in [3.05, 3.63) is 143 Å². The van der Waals surface area contributed by atoms with Crippen LogP contribution >= 0.6 is 21.6 Å². The zero-order chi connectivity index (χ0) is 59.6. The number of esters is 5. The molecule has 1 amide bonds. The molecule has 2 heterocycles. The standard InChI is InChI=1S/C62H74N2O15S2Si/c1-37-43(75-57(71)51(79-82(10,11)58(4,5)6)49(40-24-15-12-16-25-40)64-55(69)41-26-17-13-18-27-41)35-62(72)54(77-56(70)42-28-19-14-20-29-42)52-60(9,53(68)50(74-38(2)65)48(37)59(62,7)8)44(34-45-61(52,36-73-45)78-39(3)66)76-47(67)31-23-33-80-81-46-30-21-22-32-63-46/h12-22,24-30,32,43-45,49-52,54,72H,23,31,33-36H2,1-11H3,(H,64,69)/t43-,44-,45+,49?,50+,51+,52-,54-,60+,61-,62+/m0/s1. The largest absolute Gasteiger partial charge is 0.461 e. The van der Waals surface area contributed by atoms with E-state index in [2.05, 4.69) is 10.3 Å². The van der Waals surface area contributed by atoms with Gasteiger partial charge in [-0.25, -0.2) is 14.6 Å². The molecule has 1 saturated heterocycles. The smallest absolute Gasteiger partial charge is 0.338 e. The van der Waals surface area contributed by atoms with Gasteiger partial charge in [0.05, 0.1) is 29.5 Å². The Bertz CT molecular complexity index is 3050. The second kappa shape index (κ2) is 24.6. The molecule has 1 unspecified atom stereocenters. The van der Waals surface area contributed by atoms with E-state index in [0.717, 1.165) is 11.9 Å². The third kappa shape index (κ3) is 12.2. The van der Waals surface area contributed by atoms with Gasteiger partial charge in [0, 0.05) is 56.0 Å². The summed E-state index contributed by atoms with van der Waals surface area (Å²) in [7, 11) is -0.0246. The first-order valence-corrected chi connectivity index (χ1v) is 32.8. The zero-order valence-corrected chi connectivity index (χ0v) is 50.9. The molecule has 17 nitrogen and oxygen atoms in total. The lowest BCUT2D eigenvalue weighted by Gasteiger charge is -2.67. The first kappa shape index (κ1) is 61.9. The molecule has 2 bridgehead atoms. The molecule has 20 heteroatoms. The van der Waals surface area contributed by atoms with Crippen molar-refractivity contribution in [2.45, 2.75) is 165 Å². The van der Waals surface area contributed by atoms with Crippen LogP contribution in [0.1, 0.15) is 120 Å². The van der Waals surface area contributed by atoms with Crippen LogP contribution in [0.15, 0.2) is 132 Å². The highest BCUT2D eigenvalue weighted by molar-refractivity contribution is 8.76. The number of nitrogens with zero attached hydrogens (tertiary/aromatic N) is 1. The second-order valence-corrected chi connectivity index (χ2v) is 31.0. The number of pyridine rings is 1. The quantitative estimate of drug-likeness (QED) is 0.0222.